The predicted molar refractivity (Wildman–Crippen MR) is 163 cm³/mol. The van der Waals surface area contributed by atoms with Crippen LogP contribution >= 0.6 is 0 Å². The Hall–Kier alpha value is -1.07. The first kappa shape index (κ1) is 35.7. The summed E-state index contributed by atoms with van der Waals surface area (Å²) in [5, 5.41) is 84.6. The van der Waals surface area contributed by atoms with Crippen LogP contribution < -0.4 is 0 Å². The molecule has 0 radical (unpaired) electrons. The quantitative estimate of drug-likeness (QED) is 0.131. The van der Waals surface area contributed by atoms with Gasteiger partial charge in [-0.05, 0) is 54.3 Å². The molecule has 2 saturated heterocycles. The van der Waals surface area contributed by atoms with Gasteiger partial charge in [0.1, 0.15) is 54.9 Å². The van der Waals surface area contributed by atoms with E-state index in [1.807, 2.05) is 13.8 Å². The van der Waals surface area contributed by atoms with E-state index in [9.17, 15) is 45.6 Å². The monoisotopic (exact) mass is 670 g/mol. The Bertz CT molecular complexity index is 1210. The molecule has 5 fully saturated rings. The predicted octanol–water partition coefficient (Wildman–Crippen LogP) is -0.619. The summed E-state index contributed by atoms with van der Waals surface area (Å²) in [6, 6.07) is 0. The second kappa shape index (κ2) is 12.3. The molecule has 268 valence electrons. The van der Waals surface area contributed by atoms with Crippen LogP contribution in [0, 0.1) is 39.4 Å². The van der Waals surface area contributed by atoms with E-state index in [4.69, 9.17) is 18.9 Å². The number of ketones is 1. The first-order valence-electron chi connectivity index (χ1n) is 17.1. The maximum Gasteiger partial charge on any atom is 0.187 e. The van der Waals surface area contributed by atoms with Gasteiger partial charge in [0.25, 0.3) is 0 Å². The lowest BCUT2D eigenvalue weighted by Crippen LogP contribution is -2.70. The van der Waals surface area contributed by atoms with Gasteiger partial charge in [-0.3, -0.25) is 4.79 Å². The first-order valence-corrected chi connectivity index (χ1v) is 17.1. The van der Waals surface area contributed by atoms with Crippen LogP contribution in [0.15, 0.2) is 12.2 Å². The number of ether oxygens (including phenoxy) is 4. The molecule has 0 aromatic rings. The van der Waals surface area contributed by atoms with Gasteiger partial charge >= 0.3 is 0 Å². The first-order chi connectivity index (χ1) is 22.0. The van der Waals surface area contributed by atoms with E-state index in [2.05, 4.69) is 32.9 Å². The van der Waals surface area contributed by atoms with Crippen molar-refractivity contribution in [1.82, 2.24) is 0 Å². The summed E-state index contributed by atoms with van der Waals surface area (Å²) >= 11 is 0. The number of hydrogen-bond donors (Lipinski definition) is 8. The fraction of sp³-hybridized carbons (Fsp3) is 0.912. The Morgan fingerprint density at radius 3 is 2.04 bits per heavy atom. The molecule has 0 amide bonds. The summed E-state index contributed by atoms with van der Waals surface area (Å²) in [6.45, 7) is 9.14. The normalized spacial score (nSPS) is 55.7. The molecule has 6 rings (SSSR count). The number of rotatable bonds is 6. The lowest BCUT2D eigenvalue weighted by atomic mass is 9.35. The number of carbonyl (C=O) groups is 1. The fourth-order valence-corrected chi connectivity index (χ4v) is 11.0. The molecule has 6 aliphatic rings. The van der Waals surface area contributed by atoms with E-state index in [0.29, 0.717) is 12.3 Å². The highest BCUT2D eigenvalue weighted by Gasteiger charge is 2.71. The zero-order chi connectivity index (χ0) is 34.4. The zero-order valence-electron chi connectivity index (χ0n) is 27.9. The Morgan fingerprint density at radius 1 is 0.787 bits per heavy atom. The third kappa shape index (κ3) is 5.14. The second-order valence-corrected chi connectivity index (χ2v) is 16.4. The van der Waals surface area contributed by atoms with E-state index in [0.717, 1.165) is 19.3 Å². The van der Waals surface area contributed by atoms with Gasteiger partial charge in [0.05, 0.1) is 19.3 Å². The topological polar surface area (TPSA) is 216 Å². The second-order valence-electron chi connectivity index (χ2n) is 16.4. The molecule has 47 heavy (non-hydrogen) atoms. The Morgan fingerprint density at radius 2 is 1.40 bits per heavy atom. The lowest BCUT2D eigenvalue weighted by Gasteiger charge is -2.70. The maximum atomic E-state index is 14.3. The maximum absolute atomic E-state index is 14.3. The summed E-state index contributed by atoms with van der Waals surface area (Å²) < 4.78 is 23.6. The summed E-state index contributed by atoms with van der Waals surface area (Å²) in [6.07, 6.45) is -9.80. The number of carbonyl (C=O) groups excluding carboxylic acids is 1. The molecule has 0 bridgehead atoms. The molecule has 8 N–H and O–H groups in total. The van der Waals surface area contributed by atoms with Crippen LogP contribution in [0.5, 0.6) is 0 Å². The van der Waals surface area contributed by atoms with Gasteiger partial charge in [-0.15, -0.1) is 0 Å². The summed E-state index contributed by atoms with van der Waals surface area (Å²) in [5.41, 5.74) is -1.80. The van der Waals surface area contributed by atoms with Gasteiger partial charge in [-0.25, -0.2) is 0 Å². The smallest absolute Gasteiger partial charge is 0.187 e. The zero-order valence-corrected chi connectivity index (χ0v) is 27.9. The molecule has 0 spiro atoms. The van der Waals surface area contributed by atoms with Gasteiger partial charge in [0, 0.05) is 17.3 Å². The molecular formula is C34H54O13. The molecule has 18 atom stereocenters. The largest absolute Gasteiger partial charge is 0.394 e. The Kier molecular flexibility index (Phi) is 9.36. The summed E-state index contributed by atoms with van der Waals surface area (Å²) in [7, 11) is 0. The van der Waals surface area contributed by atoms with Crippen molar-refractivity contribution in [3.05, 3.63) is 12.2 Å². The van der Waals surface area contributed by atoms with Crippen molar-refractivity contribution in [1.29, 1.82) is 0 Å². The number of aliphatic hydroxyl groups is 8. The molecular weight excluding hydrogens is 616 g/mol. The van der Waals surface area contributed by atoms with Crippen molar-refractivity contribution in [3.63, 3.8) is 0 Å². The van der Waals surface area contributed by atoms with Gasteiger partial charge in [0.15, 0.2) is 18.4 Å². The minimum Gasteiger partial charge on any atom is -0.394 e. The van der Waals surface area contributed by atoms with E-state index in [-0.39, 0.29) is 29.5 Å². The number of allylic oxidation sites excluding steroid dienone is 2. The highest BCUT2D eigenvalue weighted by molar-refractivity contribution is 5.86. The molecule has 2 aliphatic heterocycles. The van der Waals surface area contributed by atoms with Gasteiger partial charge < -0.3 is 59.8 Å². The number of Topliss-reactive ketones (excluding diaryl/α,β-unsaturated/α-hetero) is 1. The van der Waals surface area contributed by atoms with E-state index in [1.54, 1.807) is 0 Å². The van der Waals surface area contributed by atoms with Crippen molar-refractivity contribution in [2.45, 2.75) is 140 Å². The minimum atomic E-state index is -1.81. The van der Waals surface area contributed by atoms with Crippen LogP contribution in [0.3, 0.4) is 0 Å². The number of hydrogen-bond acceptors (Lipinski definition) is 13. The van der Waals surface area contributed by atoms with Gasteiger partial charge in [0.2, 0.25) is 0 Å². The number of aliphatic hydroxyl groups excluding tert-OH is 8. The van der Waals surface area contributed by atoms with Crippen LogP contribution in [0.2, 0.25) is 0 Å². The molecule has 0 unspecified atom stereocenters. The van der Waals surface area contributed by atoms with Crippen LogP contribution in [-0.4, -0.2) is 133 Å². The lowest BCUT2D eigenvalue weighted by molar-refractivity contribution is -0.375. The summed E-state index contributed by atoms with van der Waals surface area (Å²) in [5.74, 6) is 0.142. The standard InChI is InChI=1S/C34H54O13/c1-31(2)20-11-21(38)34(5)19(9-8-15-7-6-10-33(15,34)4)32(20,3)12-16(37)28(31)47-30-27(25(42)23(40)18(14-36)45-30)46-29-26(43)24(41)22(39)17(13-35)44-29/h6-7,15,17-30,35-36,38-43H,8-14H2,1-5H3/t15-,17+,18+,19+,20+,21-,22+,23+,24-,25-,26+,27+,28-,29-,30-,32+,33+,34-/m0/s1. The highest BCUT2D eigenvalue weighted by atomic mass is 16.8. The SMILES string of the molecule is CC1(C)[C@H]2C[C@H](O)[C@]3(C)[C@H](CC[C@@H]4C=CC[C@]43C)[C@@]2(C)CC(=O)[C@@H]1O[C@@H]1O[C@H](CO)[C@@H](O)[C@H](O)[C@H]1O[C@@H]1O[C@H](CO)[C@@H](O)[C@H](O)[C@H]1O. The third-order valence-corrected chi connectivity index (χ3v) is 13.8. The Labute approximate surface area is 275 Å². The average Bonchev–Trinajstić information content (AvgIpc) is 3.42. The number of fused-ring (bicyclic) bond motifs is 5. The van der Waals surface area contributed by atoms with Gasteiger partial charge in [-0.1, -0.05) is 46.8 Å². The third-order valence-electron chi connectivity index (χ3n) is 13.8. The molecule has 0 aromatic carbocycles. The van der Waals surface area contributed by atoms with E-state index in [1.165, 1.54) is 0 Å². The van der Waals surface area contributed by atoms with Crippen molar-refractivity contribution < 1.29 is 64.6 Å². The fourth-order valence-electron chi connectivity index (χ4n) is 11.0. The van der Waals surface area contributed by atoms with Crippen molar-refractivity contribution in [2.24, 2.45) is 39.4 Å². The minimum absolute atomic E-state index is 0.0815. The molecule has 13 heteroatoms. The molecule has 4 aliphatic carbocycles. The molecule has 13 nitrogen and oxygen atoms in total. The van der Waals surface area contributed by atoms with Gasteiger partial charge in [-0.2, -0.15) is 0 Å². The highest BCUT2D eigenvalue weighted by Crippen LogP contribution is 2.73. The van der Waals surface area contributed by atoms with Crippen LogP contribution in [0.1, 0.15) is 66.7 Å². The van der Waals surface area contributed by atoms with Crippen molar-refractivity contribution in [2.75, 3.05) is 13.2 Å². The van der Waals surface area contributed by atoms with Crippen molar-refractivity contribution >= 4 is 5.78 Å². The van der Waals surface area contributed by atoms with Crippen LogP contribution in [0.25, 0.3) is 0 Å². The van der Waals surface area contributed by atoms with E-state index >= 15 is 0 Å². The molecule has 3 saturated carbocycles. The van der Waals surface area contributed by atoms with Crippen LogP contribution in [0.4, 0.5) is 0 Å². The van der Waals surface area contributed by atoms with E-state index < -0.39 is 103 Å². The van der Waals surface area contributed by atoms with Crippen molar-refractivity contribution in [3.8, 4) is 0 Å². The Balaban J connectivity index is 1.29. The summed E-state index contributed by atoms with van der Waals surface area (Å²) in [4.78, 5) is 14.3. The molecule has 0 aromatic heterocycles. The average molecular weight is 671 g/mol. The van der Waals surface area contributed by atoms with Crippen LogP contribution in [-0.2, 0) is 23.7 Å². The molecule has 2 heterocycles.